The van der Waals surface area contributed by atoms with Gasteiger partial charge in [0.25, 0.3) is 11.6 Å². The standard InChI is InChI=1S/C12H9NO6/c1-7-8(13(16)17)3-2-4-9(7)18-11-6-5-10(19-11)12(14)15/h2-6H,1H3,(H,14,15). The van der Waals surface area contributed by atoms with Crippen molar-refractivity contribution in [3.05, 3.63) is 51.8 Å². The summed E-state index contributed by atoms with van der Waals surface area (Å²) in [6.45, 7) is 1.54. The van der Waals surface area contributed by atoms with E-state index in [9.17, 15) is 14.9 Å². The lowest BCUT2D eigenvalue weighted by Gasteiger charge is -2.05. The monoisotopic (exact) mass is 263 g/mol. The predicted molar refractivity (Wildman–Crippen MR) is 63.6 cm³/mol. The van der Waals surface area contributed by atoms with Crippen molar-refractivity contribution in [1.29, 1.82) is 0 Å². The van der Waals surface area contributed by atoms with Crippen LogP contribution in [-0.4, -0.2) is 16.0 Å². The van der Waals surface area contributed by atoms with Crippen LogP contribution in [0.25, 0.3) is 0 Å². The third-order valence-electron chi connectivity index (χ3n) is 2.45. The average molecular weight is 263 g/mol. The van der Waals surface area contributed by atoms with Gasteiger partial charge in [-0.25, -0.2) is 4.79 Å². The Bertz CT molecular complexity index is 645. The van der Waals surface area contributed by atoms with Crippen LogP contribution in [0.15, 0.2) is 34.7 Å². The van der Waals surface area contributed by atoms with Gasteiger partial charge in [0, 0.05) is 12.1 Å². The minimum atomic E-state index is -1.22. The van der Waals surface area contributed by atoms with Crippen LogP contribution in [-0.2, 0) is 0 Å². The molecule has 7 nitrogen and oxygen atoms in total. The van der Waals surface area contributed by atoms with Gasteiger partial charge < -0.3 is 14.3 Å². The molecule has 0 fully saturated rings. The molecule has 0 aliphatic carbocycles. The molecule has 0 atom stereocenters. The predicted octanol–water partition coefficient (Wildman–Crippen LogP) is 2.99. The van der Waals surface area contributed by atoms with E-state index in [1.165, 1.54) is 37.3 Å². The fraction of sp³-hybridized carbons (Fsp3) is 0.0833. The van der Waals surface area contributed by atoms with Gasteiger partial charge in [-0.3, -0.25) is 10.1 Å². The van der Waals surface area contributed by atoms with Crippen LogP contribution >= 0.6 is 0 Å². The van der Waals surface area contributed by atoms with Gasteiger partial charge in [0.1, 0.15) is 5.75 Å². The van der Waals surface area contributed by atoms with Crippen LogP contribution < -0.4 is 4.74 Å². The number of carboxylic acids is 1. The number of ether oxygens (including phenoxy) is 1. The molecule has 19 heavy (non-hydrogen) atoms. The number of nitro groups is 1. The van der Waals surface area contributed by atoms with E-state index in [0.717, 1.165) is 0 Å². The lowest BCUT2D eigenvalue weighted by molar-refractivity contribution is -0.385. The van der Waals surface area contributed by atoms with E-state index in [1.54, 1.807) is 0 Å². The summed E-state index contributed by atoms with van der Waals surface area (Å²) in [6.07, 6.45) is 0. The summed E-state index contributed by atoms with van der Waals surface area (Å²) in [7, 11) is 0. The minimum absolute atomic E-state index is 0.0407. The van der Waals surface area contributed by atoms with Gasteiger partial charge in [-0.15, -0.1) is 0 Å². The van der Waals surface area contributed by atoms with Gasteiger partial charge in [0.2, 0.25) is 5.76 Å². The van der Waals surface area contributed by atoms with E-state index < -0.39 is 10.9 Å². The number of hydrogen-bond acceptors (Lipinski definition) is 5. The number of nitrogens with zero attached hydrogens (tertiary/aromatic N) is 1. The van der Waals surface area contributed by atoms with Crippen LogP contribution in [0.1, 0.15) is 16.1 Å². The summed E-state index contributed by atoms with van der Waals surface area (Å²) < 4.78 is 10.2. The second-order valence-corrected chi connectivity index (χ2v) is 3.68. The van der Waals surface area contributed by atoms with Crippen molar-refractivity contribution >= 4 is 11.7 Å². The third-order valence-corrected chi connectivity index (χ3v) is 2.45. The molecule has 98 valence electrons. The Kier molecular flexibility index (Phi) is 3.19. The molecule has 0 amide bonds. The zero-order chi connectivity index (χ0) is 14.0. The fourth-order valence-corrected chi connectivity index (χ4v) is 1.51. The van der Waals surface area contributed by atoms with Gasteiger partial charge in [-0.05, 0) is 19.1 Å². The number of carbonyl (C=O) groups is 1. The van der Waals surface area contributed by atoms with E-state index in [2.05, 4.69) is 0 Å². The Balaban J connectivity index is 2.30. The lowest BCUT2D eigenvalue weighted by atomic mass is 10.2. The molecule has 0 aliphatic heterocycles. The van der Waals surface area contributed by atoms with E-state index in [0.29, 0.717) is 5.56 Å². The number of aromatic carboxylic acids is 1. The summed E-state index contributed by atoms with van der Waals surface area (Å²) in [5.74, 6) is -1.29. The molecule has 1 N–H and O–H groups in total. The highest BCUT2D eigenvalue weighted by Crippen LogP contribution is 2.31. The molecule has 0 spiro atoms. The number of carboxylic acid groups (broad SMARTS) is 1. The molecule has 0 saturated heterocycles. The van der Waals surface area contributed by atoms with Crippen molar-refractivity contribution < 1.29 is 24.0 Å². The molecule has 1 aromatic heterocycles. The third kappa shape index (κ3) is 2.54. The Hall–Kier alpha value is -2.83. The van der Waals surface area contributed by atoms with Crippen LogP contribution in [0, 0.1) is 17.0 Å². The molecule has 0 bridgehead atoms. The zero-order valence-corrected chi connectivity index (χ0v) is 9.82. The zero-order valence-electron chi connectivity index (χ0n) is 9.82. The first kappa shape index (κ1) is 12.6. The summed E-state index contributed by atoms with van der Waals surface area (Å²) in [4.78, 5) is 20.9. The molecular formula is C12H9NO6. The number of hydrogen-bond donors (Lipinski definition) is 1. The maximum Gasteiger partial charge on any atom is 0.371 e. The Labute approximate surface area is 107 Å². The second-order valence-electron chi connectivity index (χ2n) is 3.68. The summed E-state index contributed by atoms with van der Waals surface area (Å²) >= 11 is 0. The van der Waals surface area contributed by atoms with Crippen LogP contribution in [0.3, 0.4) is 0 Å². The highest BCUT2D eigenvalue weighted by molar-refractivity contribution is 5.84. The first-order valence-electron chi connectivity index (χ1n) is 5.24. The van der Waals surface area contributed by atoms with Crippen LogP contribution in [0.4, 0.5) is 5.69 Å². The lowest BCUT2D eigenvalue weighted by Crippen LogP contribution is -1.94. The fourth-order valence-electron chi connectivity index (χ4n) is 1.51. The maximum absolute atomic E-state index is 10.8. The molecule has 2 rings (SSSR count). The van der Waals surface area contributed by atoms with Crippen LogP contribution in [0.5, 0.6) is 11.7 Å². The van der Waals surface area contributed by atoms with E-state index in [-0.39, 0.29) is 23.1 Å². The highest BCUT2D eigenvalue weighted by Gasteiger charge is 2.16. The van der Waals surface area contributed by atoms with Crippen molar-refractivity contribution in [3.8, 4) is 11.7 Å². The first-order chi connectivity index (χ1) is 8.99. The summed E-state index contributed by atoms with van der Waals surface area (Å²) in [5.41, 5.74) is 0.253. The quantitative estimate of drug-likeness (QED) is 0.671. The maximum atomic E-state index is 10.8. The van der Waals surface area contributed by atoms with Crippen molar-refractivity contribution in [3.63, 3.8) is 0 Å². The largest absolute Gasteiger partial charge is 0.475 e. The molecule has 1 aromatic carbocycles. The number of benzene rings is 1. The molecule has 0 radical (unpaired) electrons. The molecule has 0 aliphatic rings. The number of furan rings is 1. The Morgan fingerprint density at radius 2 is 2.11 bits per heavy atom. The summed E-state index contributed by atoms with van der Waals surface area (Å²) in [5, 5.41) is 19.5. The normalized spacial score (nSPS) is 10.2. The second kappa shape index (κ2) is 4.81. The smallest absolute Gasteiger partial charge is 0.371 e. The number of nitro benzene ring substituents is 1. The first-order valence-corrected chi connectivity index (χ1v) is 5.24. The summed E-state index contributed by atoms with van der Waals surface area (Å²) in [6, 6.07) is 6.94. The molecule has 0 saturated carbocycles. The van der Waals surface area contributed by atoms with E-state index in [4.69, 9.17) is 14.3 Å². The molecule has 2 aromatic rings. The molecular weight excluding hydrogens is 254 g/mol. The number of rotatable bonds is 4. The van der Waals surface area contributed by atoms with Gasteiger partial charge >= 0.3 is 5.97 Å². The molecule has 7 heteroatoms. The van der Waals surface area contributed by atoms with E-state index in [1.807, 2.05) is 0 Å². The average Bonchev–Trinajstić information content (AvgIpc) is 2.80. The Morgan fingerprint density at radius 1 is 1.37 bits per heavy atom. The van der Waals surface area contributed by atoms with Crippen LogP contribution in [0.2, 0.25) is 0 Å². The highest BCUT2D eigenvalue weighted by atomic mass is 16.6. The Morgan fingerprint density at radius 3 is 2.68 bits per heavy atom. The molecule has 0 unspecified atom stereocenters. The van der Waals surface area contributed by atoms with E-state index >= 15 is 0 Å². The SMILES string of the molecule is Cc1c(Oc2ccc(C(=O)O)o2)cccc1[N+](=O)[O-]. The van der Waals surface area contributed by atoms with Crippen molar-refractivity contribution in [2.75, 3.05) is 0 Å². The van der Waals surface area contributed by atoms with Gasteiger partial charge in [-0.1, -0.05) is 6.07 Å². The van der Waals surface area contributed by atoms with Crippen molar-refractivity contribution in [1.82, 2.24) is 0 Å². The molecule has 1 heterocycles. The minimum Gasteiger partial charge on any atom is -0.475 e. The van der Waals surface area contributed by atoms with Gasteiger partial charge in [-0.2, -0.15) is 0 Å². The van der Waals surface area contributed by atoms with Gasteiger partial charge in [0.05, 0.1) is 10.5 Å². The topological polar surface area (TPSA) is 103 Å². The van der Waals surface area contributed by atoms with Gasteiger partial charge in [0.15, 0.2) is 0 Å². The van der Waals surface area contributed by atoms with Crippen molar-refractivity contribution in [2.24, 2.45) is 0 Å². The van der Waals surface area contributed by atoms with Crippen molar-refractivity contribution in [2.45, 2.75) is 6.92 Å².